The first-order chi connectivity index (χ1) is 16.9. The molecule has 0 aliphatic heterocycles. The predicted octanol–water partition coefficient (Wildman–Crippen LogP) is 5.47. The van der Waals surface area contributed by atoms with Crippen LogP contribution in [-0.4, -0.2) is 30.0 Å². The number of alkyl halides is 3. The van der Waals surface area contributed by atoms with E-state index in [0.717, 1.165) is 22.0 Å². The average molecular weight is 526 g/mol. The highest BCUT2D eigenvalue weighted by atomic mass is 32.2. The Morgan fingerprint density at radius 1 is 1.19 bits per heavy atom. The lowest BCUT2D eigenvalue weighted by Crippen LogP contribution is -2.57. The van der Waals surface area contributed by atoms with Crippen LogP contribution in [0.2, 0.25) is 0 Å². The molecule has 1 aromatic heterocycles. The first-order valence-corrected chi connectivity index (χ1v) is 13.4. The highest BCUT2D eigenvalue weighted by Crippen LogP contribution is 2.58. The third kappa shape index (κ3) is 4.10. The summed E-state index contributed by atoms with van der Waals surface area (Å²) >= 11 is 0. The van der Waals surface area contributed by atoms with E-state index in [2.05, 4.69) is 9.28 Å². The summed E-state index contributed by atoms with van der Waals surface area (Å²) in [5, 5.41) is 10.2. The Balaban J connectivity index is 1.60. The van der Waals surface area contributed by atoms with Crippen molar-refractivity contribution in [2.45, 2.75) is 69.1 Å². The number of halogens is 4. The van der Waals surface area contributed by atoms with Gasteiger partial charge in [0, 0.05) is 5.39 Å². The molecule has 1 saturated carbocycles. The van der Waals surface area contributed by atoms with Crippen LogP contribution in [0, 0.1) is 11.7 Å². The molecule has 11 heteroatoms. The quantitative estimate of drug-likeness (QED) is 0.458. The topological polar surface area (TPSA) is 87.2 Å². The minimum Gasteiger partial charge on any atom is -0.242 e. The lowest BCUT2D eigenvalue weighted by Gasteiger charge is -2.51. The zero-order valence-electron chi connectivity index (χ0n) is 19.7. The van der Waals surface area contributed by atoms with E-state index in [9.17, 15) is 26.0 Å². The molecule has 0 amide bonds. The van der Waals surface area contributed by atoms with Crippen LogP contribution in [0.1, 0.15) is 56.6 Å². The van der Waals surface area contributed by atoms with Crippen molar-refractivity contribution in [2.75, 3.05) is 0 Å². The van der Waals surface area contributed by atoms with Gasteiger partial charge in [0.05, 0.1) is 17.4 Å². The van der Waals surface area contributed by atoms with E-state index in [-0.39, 0.29) is 12.2 Å². The Morgan fingerprint density at radius 2 is 1.92 bits per heavy atom. The molecule has 3 atom stereocenters. The second-order valence-corrected chi connectivity index (χ2v) is 11.1. The maximum Gasteiger partial charge on any atom is 0.418 e. The Labute approximate surface area is 206 Å². The van der Waals surface area contributed by atoms with Gasteiger partial charge in [0.15, 0.2) is 5.60 Å². The third-order valence-corrected chi connectivity index (χ3v) is 8.71. The van der Waals surface area contributed by atoms with E-state index in [1.807, 2.05) is 19.1 Å². The number of rotatable bonds is 4. The molecule has 2 N–H and O–H groups in total. The molecule has 0 unspecified atom stereocenters. The molecule has 194 valence electrons. The summed E-state index contributed by atoms with van der Waals surface area (Å²) in [6.07, 6.45) is -1.58. The molecule has 0 spiro atoms. The van der Waals surface area contributed by atoms with Crippen molar-refractivity contribution in [3.63, 3.8) is 0 Å². The van der Waals surface area contributed by atoms with Gasteiger partial charge in [0.2, 0.25) is 0 Å². The SMILES string of the molecule is CC[C@]12CC[C@@](OS(N)(=O)=O)(C(F)(F)F)C[C@@H]1CCCc1cc3c(cnn3-c3ccc(F)cc3)cc12. The van der Waals surface area contributed by atoms with Crippen LogP contribution in [0.5, 0.6) is 0 Å². The highest BCUT2D eigenvalue weighted by Gasteiger charge is 2.64. The summed E-state index contributed by atoms with van der Waals surface area (Å²) in [6, 6.07) is 10.1. The smallest absolute Gasteiger partial charge is 0.242 e. The Kier molecular flexibility index (Phi) is 5.96. The lowest BCUT2D eigenvalue weighted by atomic mass is 9.56. The maximum atomic E-state index is 14.2. The van der Waals surface area contributed by atoms with Crippen molar-refractivity contribution in [1.82, 2.24) is 9.78 Å². The molecule has 2 aromatic carbocycles. The summed E-state index contributed by atoms with van der Waals surface area (Å²) < 4.78 is 85.7. The van der Waals surface area contributed by atoms with E-state index in [0.29, 0.717) is 31.4 Å². The molecular weight excluding hydrogens is 498 g/mol. The first kappa shape index (κ1) is 25.2. The van der Waals surface area contributed by atoms with E-state index in [1.54, 1.807) is 23.0 Å². The third-order valence-electron chi connectivity index (χ3n) is 8.16. The number of aryl methyl sites for hydroxylation is 1. The summed E-state index contributed by atoms with van der Waals surface area (Å²) in [6.45, 7) is 1.97. The van der Waals surface area contributed by atoms with E-state index >= 15 is 0 Å². The molecule has 1 fully saturated rings. The van der Waals surface area contributed by atoms with Gasteiger partial charge in [-0.3, -0.25) is 0 Å². The number of nitrogens with zero attached hydrogens (tertiary/aromatic N) is 2. The van der Waals surface area contributed by atoms with Gasteiger partial charge in [-0.15, -0.1) is 0 Å². The standard InChI is InChI=1S/C25H27F4N3O3S/c1-2-23-10-11-24(25(27,28)29,35-36(30,33)34)14-18(23)5-3-4-16-13-22-17(12-21(16)23)15-31-32(22)20-8-6-19(26)7-9-20/h6-9,12-13,15,18H,2-5,10-11,14H2,1H3,(H2,30,33,34)/t18-,23-,24-/m0/s1. The number of nitrogens with two attached hydrogens (primary N) is 1. The monoisotopic (exact) mass is 525 g/mol. The molecule has 0 saturated heterocycles. The van der Waals surface area contributed by atoms with Crippen molar-refractivity contribution in [3.05, 3.63) is 59.5 Å². The first-order valence-electron chi connectivity index (χ1n) is 11.9. The molecule has 3 aromatic rings. The van der Waals surface area contributed by atoms with E-state index in [4.69, 9.17) is 5.14 Å². The molecule has 0 bridgehead atoms. The van der Waals surface area contributed by atoms with E-state index < -0.39 is 46.3 Å². The van der Waals surface area contributed by atoms with Gasteiger partial charge in [-0.05, 0) is 104 Å². The second kappa shape index (κ2) is 8.53. The van der Waals surface area contributed by atoms with Crippen LogP contribution in [0.4, 0.5) is 17.6 Å². The zero-order chi connectivity index (χ0) is 25.9. The van der Waals surface area contributed by atoms with Gasteiger partial charge in [-0.2, -0.15) is 26.7 Å². The Morgan fingerprint density at radius 3 is 2.56 bits per heavy atom. The maximum absolute atomic E-state index is 14.2. The summed E-state index contributed by atoms with van der Waals surface area (Å²) in [5.74, 6) is -0.788. The largest absolute Gasteiger partial charge is 0.418 e. The molecule has 36 heavy (non-hydrogen) atoms. The highest BCUT2D eigenvalue weighted by molar-refractivity contribution is 7.84. The number of hydrogen-bond acceptors (Lipinski definition) is 4. The fraction of sp³-hybridized carbons (Fsp3) is 0.480. The Bertz CT molecular complexity index is 1400. The van der Waals surface area contributed by atoms with E-state index in [1.165, 1.54) is 12.1 Å². The van der Waals surface area contributed by atoms with Crippen molar-refractivity contribution in [2.24, 2.45) is 11.1 Å². The predicted molar refractivity (Wildman–Crippen MR) is 126 cm³/mol. The summed E-state index contributed by atoms with van der Waals surface area (Å²) in [4.78, 5) is 0. The van der Waals surface area contributed by atoms with Crippen molar-refractivity contribution < 1.29 is 30.2 Å². The minimum atomic E-state index is -4.88. The van der Waals surface area contributed by atoms with Crippen molar-refractivity contribution >= 4 is 21.2 Å². The normalized spacial score (nSPS) is 26.9. The van der Waals surface area contributed by atoms with Gasteiger partial charge in [0.25, 0.3) is 0 Å². The number of hydrogen-bond donors (Lipinski definition) is 1. The lowest BCUT2D eigenvalue weighted by molar-refractivity contribution is -0.266. The van der Waals surface area contributed by atoms with Gasteiger partial charge >= 0.3 is 16.5 Å². The molecule has 5 rings (SSSR count). The zero-order valence-corrected chi connectivity index (χ0v) is 20.5. The average Bonchev–Trinajstić information content (AvgIpc) is 3.13. The van der Waals surface area contributed by atoms with Gasteiger partial charge in [-0.25, -0.2) is 18.4 Å². The van der Waals surface area contributed by atoms with Crippen LogP contribution >= 0.6 is 0 Å². The van der Waals surface area contributed by atoms with Crippen LogP contribution in [0.25, 0.3) is 16.6 Å². The van der Waals surface area contributed by atoms with Gasteiger partial charge in [0.1, 0.15) is 5.82 Å². The fourth-order valence-corrected chi connectivity index (χ4v) is 7.12. The second-order valence-electron chi connectivity index (χ2n) is 9.97. The van der Waals surface area contributed by atoms with Crippen LogP contribution in [0.3, 0.4) is 0 Å². The molecular formula is C25H27F4N3O3S. The number of benzene rings is 2. The fourth-order valence-electron chi connectivity index (χ4n) is 6.43. The summed E-state index contributed by atoms with van der Waals surface area (Å²) in [5.41, 5.74) is 0.187. The number of fused-ring (bicyclic) bond motifs is 4. The van der Waals surface area contributed by atoms with Crippen LogP contribution in [0.15, 0.2) is 42.6 Å². The molecule has 6 nitrogen and oxygen atoms in total. The van der Waals surface area contributed by atoms with Crippen LogP contribution < -0.4 is 5.14 Å². The summed E-state index contributed by atoms with van der Waals surface area (Å²) in [7, 11) is -4.81. The molecule has 1 heterocycles. The van der Waals surface area contributed by atoms with Crippen molar-refractivity contribution in [3.8, 4) is 5.69 Å². The van der Waals surface area contributed by atoms with Gasteiger partial charge < -0.3 is 0 Å². The van der Waals surface area contributed by atoms with Crippen molar-refractivity contribution in [1.29, 1.82) is 0 Å². The molecule has 0 radical (unpaired) electrons. The van der Waals surface area contributed by atoms with Gasteiger partial charge in [-0.1, -0.05) is 6.92 Å². The molecule has 2 aliphatic rings. The minimum absolute atomic E-state index is 0.119. The van der Waals surface area contributed by atoms with Crippen LogP contribution in [-0.2, 0) is 26.3 Å². The number of aromatic nitrogens is 2. The Hall–Kier alpha value is -2.50. The molecule has 2 aliphatic carbocycles.